The van der Waals surface area contributed by atoms with Gasteiger partial charge in [-0.1, -0.05) is 6.92 Å². The first-order valence-corrected chi connectivity index (χ1v) is 7.26. The van der Waals surface area contributed by atoms with Gasteiger partial charge in [-0.3, -0.25) is 4.79 Å². The predicted molar refractivity (Wildman–Crippen MR) is 75.8 cm³/mol. The minimum atomic E-state index is -0.773. The van der Waals surface area contributed by atoms with E-state index in [1.165, 1.54) is 7.05 Å². The summed E-state index contributed by atoms with van der Waals surface area (Å²) in [5.41, 5.74) is -0.238. The Bertz CT molecular complexity index is 431. The molecule has 0 spiro atoms. The second kappa shape index (κ2) is 7.33. The van der Waals surface area contributed by atoms with E-state index in [0.717, 1.165) is 18.6 Å². The fourth-order valence-electron chi connectivity index (χ4n) is 1.55. The molecule has 1 atom stereocenters. The van der Waals surface area contributed by atoms with Crippen molar-refractivity contribution in [1.82, 2.24) is 5.32 Å². The molecule has 0 aliphatic rings. The fraction of sp³-hybridized carbons (Fsp3) is 0.462. The first-order chi connectivity index (χ1) is 8.99. The van der Waals surface area contributed by atoms with Gasteiger partial charge in [-0.05, 0) is 24.8 Å². The number of carbonyl (C=O) groups is 1. The van der Waals surface area contributed by atoms with Gasteiger partial charge >= 0.3 is 0 Å². The molecule has 0 heterocycles. The van der Waals surface area contributed by atoms with Crippen molar-refractivity contribution in [1.29, 1.82) is 0 Å². The lowest BCUT2D eigenvalue weighted by atomic mass is 10.1. The number of halogens is 2. The van der Waals surface area contributed by atoms with Crippen molar-refractivity contribution in [2.75, 3.05) is 25.2 Å². The van der Waals surface area contributed by atoms with Gasteiger partial charge in [0.25, 0.3) is 5.91 Å². The van der Waals surface area contributed by atoms with Crippen LogP contribution in [0.5, 0.6) is 0 Å². The van der Waals surface area contributed by atoms with E-state index < -0.39 is 17.5 Å². The molecule has 3 nitrogen and oxygen atoms in total. The van der Waals surface area contributed by atoms with Crippen molar-refractivity contribution < 1.29 is 13.6 Å². The first-order valence-electron chi connectivity index (χ1n) is 5.97. The van der Waals surface area contributed by atoms with Crippen LogP contribution in [0.3, 0.4) is 0 Å². The second-order valence-electron chi connectivity index (χ2n) is 4.16. The van der Waals surface area contributed by atoms with Gasteiger partial charge in [0.05, 0.1) is 0 Å². The molecule has 1 unspecified atom stereocenters. The first kappa shape index (κ1) is 15.8. The Hall–Kier alpha value is -1.30. The highest BCUT2D eigenvalue weighted by Gasteiger charge is 2.14. The molecule has 0 saturated heterocycles. The highest BCUT2D eigenvalue weighted by Crippen LogP contribution is 2.20. The molecular formula is C13H18F2N2OS. The summed E-state index contributed by atoms with van der Waals surface area (Å²) in [6, 6.07) is 2.06. The van der Waals surface area contributed by atoms with Gasteiger partial charge in [-0.25, -0.2) is 8.78 Å². The molecule has 0 aromatic heterocycles. The Morgan fingerprint density at radius 3 is 2.42 bits per heavy atom. The Morgan fingerprint density at radius 1 is 1.37 bits per heavy atom. The normalized spacial score (nSPS) is 12.1. The summed E-state index contributed by atoms with van der Waals surface area (Å²) < 4.78 is 27.0. The molecule has 19 heavy (non-hydrogen) atoms. The molecule has 0 bridgehead atoms. The lowest BCUT2D eigenvalue weighted by molar-refractivity contribution is 0.0952. The maximum absolute atomic E-state index is 13.5. The second-order valence-corrected chi connectivity index (χ2v) is 5.43. The topological polar surface area (TPSA) is 41.1 Å². The Balaban J connectivity index is 2.68. The number of thioether (sulfide) groups is 1. The Labute approximate surface area is 116 Å². The minimum Gasteiger partial charge on any atom is -0.383 e. The van der Waals surface area contributed by atoms with Gasteiger partial charge in [-0.2, -0.15) is 11.8 Å². The van der Waals surface area contributed by atoms with E-state index in [1.54, 1.807) is 11.8 Å². The fourth-order valence-corrected chi connectivity index (χ4v) is 1.91. The van der Waals surface area contributed by atoms with Gasteiger partial charge in [0.2, 0.25) is 0 Å². The van der Waals surface area contributed by atoms with Crippen LogP contribution in [-0.2, 0) is 0 Å². The average Bonchev–Trinajstić information content (AvgIpc) is 2.37. The molecule has 2 N–H and O–H groups in total. The van der Waals surface area contributed by atoms with Crippen LogP contribution in [0.2, 0.25) is 0 Å². The number of hydrogen-bond donors (Lipinski definition) is 2. The number of anilines is 1. The monoisotopic (exact) mass is 288 g/mol. The summed E-state index contributed by atoms with van der Waals surface area (Å²) in [5, 5.41) is 5.49. The highest BCUT2D eigenvalue weighted by molar-refractivity contribution is 7.99. The van der Waals surface area contributed by atoms with Crippen molar-refractivity contribution >= 4 is 23.4 Å². The summed E-state index contributed by atoms with van der Waals surface area (Å²) in [5.74, 6) is -2.01. The maximum Gasteiger partial charge on any atom is 0.251 e. The molecule has 0 aliphatic heterocycles. The molecule has 1 aromatic carbocycles. The number of benzene rings is 1. The number of nitrogens with one attached hydrogen (secondary N) is 2. The van der Waals surface area contributed by atoms with Crippen molar-refractivity contribution in [2.45, 2.75) is 18.6 Å². The molecule has 1 aromatic rings. The van der Waals surface area contributed by atoms with Crippen LogP contribution < -0.4 is 10.6 Å². The highest BCUT2D eigenvalue weighted by atomic mass is 32.2. The SMILES string of the molecule is CNc1c(F)cc(C(=O)NCCC(C)SC)cc1F. The molecule has 0 fully saturated rings. The van der Waals surface area contributed by atoms with E-state index in [-0.39, 0.29) is 11.3 Å². The molecule has 1 amide bonds. The molecule has 0 aliphatic carbocycles. The average molecular weight is 288 g/mol. The van der Waals surface area contributed by atoms with Crippen LogP contribution in [0.1, 0.15) is 23.7 Å². The largest absolute Gasteiger partial charge is 0.383 e. The molecule has 1 rings (SSSR count). The molecule has 0 saturated carbocycles. The maximum atomic E-state index is 13.5. The van der Waals surface area contributed by atoms with E-state index in [9.17, 15) is 13.6 Å². The van der Waals surface area contributed by atoms with E-state index in [0.29, 0.717) is 11.8 Å². The summed E-state index contributed by atoms with van der Waals surface area (Å²) in [4.78, 5) is 11.7. The smallest absolute Gasteiger partial charge is 0.251 e. The quantitative estimate of drug-likeness (QED) is 0.845. The van der Waals surface area contributed by atoms with Gasteiger partial charge in [0.1, 0.15) is 17.3 Å². The van der Waals surface area contributed by atoms with Crippen LogP contribution in [0.4, 0.5) is 14.5 Å². The third kappa shape index (κ3) is 4.38. The lowest BCUT2D eigenvalue weighted by Crippen LogP contribution is -2.26. The Morgan fingerprint density at radius 2 is 1.95 bits per heavy atom. The zero-order valence-electron chi connectivity index (χ0n) is 11.2. The lowest BCUT2D eigenvalue weighted by Gasteiger charge is -2.10. The predicted octanol–water partition coefficient (Wildman–Crippen LogP) is 2.88. The van der Waals surface area contributed by atoms with E-state index in [2.05, 4.69) is 17.6 Å². The van der Waals surface area contributed by atoms with Crippen molar-refractivity contribution in [3.05, 3.63) is 29.3 Å². The van der Waals surface area contributed by atoms with E-state index in [1.807, 2.05) is 6.26 Å². The zero-order valence-corrected chi connectivity index (χ0v) is 12.0. The van der Waals surface area contributed by atoms with Crippen LogP contribution in [-0.4, -0.2) is 31.0 Å². The molecule has 0 radical (unpaired) electrons. The van der Waals surface area contributed by atoms with Gasteiger partial charge in [0.15, 0.2) is 0 Å². The summed E-state index contributed by atoms with van der Waals surface area (Å²) in [7, 11) is 1.42. The van der Waals surface area contributed by atoms with Gasteiger partial charge in [0, 0.05) is 24.4 Å². The van der Waals surface area contributed by atoms with Crippen molar-refractivity contribution in [3.8, 4) is 0 Å². The van der Waals surface area contributed by atoms with Crippen molar-refractivity contribution in [2.24, 2.45) is 0 Å². The number of amides is 1. The Kier molecular flexibility index (Phi) is 6.08. The standard InChI is InChI=1S/C13H18F2N2OS/c1-8(19-3)4-5-17-13(18)9-6-10(14)12(16-2)11(15)7-9/h6-8,16H,4-5H2,1-3H3,(H,17,18). The third-order valence-corrected chi connectivity index (χ3v) is 3.83. The summed E-state index contributed by atoms with van der Waals surface area (Å²) >= 11 is 1.70. The number of carbonyl (C=O) groups excluding carboxylic acids is 1. The van der Waals surface area contributed by atoms with Crippen LogP contribution >= 0.6 is 11.8 Å². The molecule has 106 valence electrons. The minimum absolute atomic E-state index is 0.00851. The van der Waals surface area contributed by atoms with Crippen LogP contribution in [0.15, 0.2) is 12.1 Å². The third-order valence-electron chi connectivity index (χ3n) is 2.79. The van der Waals surface area contributed by atoms with Crippen molar-refractivity contribution in [3.63, 3.8) is 0 Å². The van der Waals surface area contributed by atoms with E-state index in [4.69, 9.17) is 0 Å². The van der Waals surface area contributed by atoms with Gasteiger partial charge < -0.3 is 10.6 Å². The zero-order chi connectivity index (χ0) is 14.4. The number of hydrogen-bond acceptors (Lipinski definition) is 3. The van der Waals surface area contributed by atoms with Crippen LogP contribution in [0.25, 0.3) is 0 Å². The molecular weight excluding hydrogens is 270 g/mol. The van der Waals surface area contributed by atoms with Gasteiger partial charge in [-0.15, -0.1) is 0 Å². The summed E-state index contributed by atoms with van der Waals surface area (Å²) in [6.45, 7) is 2.54. The summed E-state index contributed by atoms with van der Waals surface area (Å²) in [6.07, 6.45) is 2.81. The van der Waals surface area contributed by atoms with Crippen LogP contribution in [0, 0.1) is 11.6 Å². The molecule has 6 heteroatoms. The van der Waals surface area contributed by atoms with E-state index >= 15 is 0 Å². The number of rotatable bonds is 6.